The number of ether oxygens (including phenoxy) is 2. The highest BCUT2D eigenvalue weighted by atomic mass is 31.2. The predicted octanol–water partition coefficient (Wildman–Crippen LogP) is 5.24. The smallest absolute Gasteiger partial charge is 0.432 e. The summed E-state index contributed by atoms with van der Waals surface area (Å²) in [6, 6.07) is 25.6. The number of nitrogens with one attached hydrogen (secondary N) is 1. The molecule has 0 saturated heterocycles. The van der Waals surface area contributed by atoms with Crippen molar-refractivity contribution in [1.29, 1.82) is 0 Å². The van der Waals surface area contributed by atoms with Crippen LogP contribution in [0.25, 0.3) is 0 Å². The molecular formula is C28H33N2O7P. The van der Waals surface area contributed by atoms with Gasteiger partial charge in [0.25, 0.3) is 0 Å². The molecule has 0 aliphatic heterocycles. The average molecular weight is 541 g/mol. The highest BCUT2D eigenvalue weighted by molar-refractivity contribution is 7.78. The van der Waals surface area contributed by atoms with Gasteiger partial charge in [0.2, 0.25) is 5.72 Å². The van der Waals surface area contributed by atoms with E-state index in [9.17, 15) is 14.8 Å². The molecule has 0 aromatic heterocycles. The summed E-state index contributed by atoms with van der Waals surface area (Å²) in [5.41, 5.74) is 0.407. The molecule has 0 saturated carbocycles. The Labute approximate surface area is 222 Å². The van der Waals surface area contributed by atoms with Crippen LogP contribution >= 0.6 is 7.14 Å². The van der Waals surface area contributed by atoms with Gasteiger partial charge in [0.1, 0.15) is 7.14 Å². The summed E-state index contributed by atoms with van der Waals surface area (Å²) < 4.78 is 25.7. The van der Waals surface area contributed by atoms with Crippen LogP contribution in [-0.4, -0.2) is 40.8 Å². The fourth-order valence-electron chi connectivity index (χ4n) is 3.95. The maximum absolute atomic E-state index is 15.1. The number of carbonyl (C=O) groups excluding carboxylic acids is 2. The zero-order valence-electron chi connectivity index (χ0n) is 21.8. The molecule has 0 aliphatic carbocycles. The fraction of sp³-hybridized carbons (Fsp3) is 0.286. The second kappa shape index (κ2) is 12.7. The van der Waals surface area contributed by atoms with Gasteiger partial charge >= 0.3 is 12.2 Å². The topological polar surface area (TPSA) is 114 Å². The van der Waals surface area contributed by atoms with Crippen molar-refractivity contribution >= 4 is 29.9 Å². The van der Waals surface area contributed by atoms with Crippen LogP contribution in [0.2, 0.25) is 0 Å². The zero-order valence-corrected chi connectivity index (χ0v) is 22.7. The molecule has 0 aliphatic rings. The number of hydrogen-bond donors (Lipinski definition) is 2. The van der Waals surface area contributed by atoms with Crippen LogP contribution in [-0.2, 0) is 24.7 Å². The number of carbonyl (C=O) groups is 2. The van der Waals surface area contributed by atoms with E-state index in [0.29, 0.717) is 15.6 Å². The Bertz CT molecular complexity index is 1200. The number of amides is 2. The normalized spacial score (nSPS) is 13.0. The molecule has 38 heavy (non-hydrogen) atoms. The first-order valence-corrected chi connectivity index (χ1v) is 14.1. The SMILES string of the molecule is CC(C)OC(=O)NN(C(=O)OC(C)C)C(CP(=O)(c1ccccc1)c1ccccc1)(OO)c1ccccc1. The van der Waals surface area contributed by atoms with Gasteiger partial charge in [-0.1, -0.05) is 91.0 Å². The van der Waals surface area contributed by atoms with Gasteiger partial charge in [-0.05, 0) is 27.7 Å². The molecule has 0 bridgehead atoms. The minimum atomic E-state index is -3.65. The molecule has 0 heterocycles. The lowest BCUT2D eigenvalue weighted by Crippen LogP contribution is -2.62. The van der Waals surface area contributed by atoms with Crippen LogP contribution in [0.4, 0.5) is 9.59 Å². The van der Waals surface area contributed by atoms with Crippen molar-refractivity contribution in [3.63, 3.8) is 0 Å². The van der Waals surface area contributed by atoms with Crippen molar-refractivity contribution < 1.29 is 33.8 Å². The summed E-state index contributed by atoms with van der Waals surface area (Å²) in [5, 5.41) is 12.2. The lowest BCUT2D eigenvalue weighted by molar-refractivity contribution is -0.363. The van der Waals surface area contributed by atoms with Gasteiger partial charge < -0.3 is 14.0 Å². The molecular weight excluding hydrogens is 507 g/mol. The van der Waals surface area contributed by atoms with Crippen molar-refractivity contribution in [3.05, 3.63) is 96.6 Å². The molecule has 1 unspecified atom stereocenters. The van der Waals surface area contributed by atoms with Gasteiger partial charge in [0.05, 0.1) is 18.4 Å². The maximum Gasteiger partial charge on any atom is 0.432 e. The largest absolute Gasteiger partial charge is 0.446 e. The first kappa shape index (κ1) is 28.9. The average Bonchev–Trinajstić information content (AvgIpc) is 2.91. The van der Waals surface area contributed by atoms with E-state index < -0.39 is 43.4 Å². The van der Waals surface area contributed by atoms with E-state index in [2.05, 4.69) is 5.43 Å². The van der Waals surface area contributed by atoms with Crippen molar-refractivity contribution in [2.45, 2.75) is 45.6 Å². The van der Waals surface area contributed by atoms with E-state index in [0.717, 1.165) is 0 Å². The number of hydrazine groups is 1. The Morgan fingerprint density at radius 1 is 0.816 bits per heavy atom. The molecule has 2 amide bonds. The quantitative estimate of drug-likeness (QED) is 0.165. The van der Waals surface area contributed by atoms with Crippen LogP contribution in [0.5, 0.6) is 0 Å². The summed E-state index contributed by atoms with van der Waals surface area (Å²) >= 11 is 0. The monoisotopic (exact) mass is 540 g/mol. The Morgan fingerprint density at radius 3 is 1.68 bits per heavy atom. The molecule has 1 atom stereocenters. The summed E-state index contributed by atoms with van der Waals surface area (Å²) in [4.78, 5) is 31.3. The molecule has 0 radical (unpaired) electrons. The van der Waals surface area contributed by atoms with E-state index in [4.69, 9.17) is 14.4 Å². The first-order valence-electron chi connectivity index (χ1n) is 12.2. The molecule has 3 aromatic carbocycles. The Balaban J connectivity index is 2.28. The third-order valence-electron chi connectivity index (χ3n) is 5.59. The van der Waals surface area contributed by atoms with E-state index in [-0.39, 0.29) is 5.56 Å². The van der Waals surface area contributed by atoms with Gasteiger partial charge in [-0.15, -0.1) is 0 Å². The Morgan fingerprint density at radius 2 is 1.26 bits per heavy atom. The standard InChI is InChI=1S/C28H33N2O7P/c1-21(2)35-26(31)29-30(27(32)36-22(3)4)28(37-33,23-14-8-5-9-15-23)20-38(34,24-16-10-6-11-17-24)25-18-12-7-13-19-25/h5-19,21-22,33H,20H2,1-4H3,(H,29,31). The number of hydrogen-bond acceptors (Lipinski definition) is 7. The van der Waals surface area contributed by atoms with Crippen LogP contribution in [0.15, 0.2) is 91.0 Å². The minimum absolute atomic E-state index is 0.236. The Hall–Kier alpha value is -3.65. The van der Waals surface area contributed by atoms with Gasteiger partial charge in [-0.3, -0.25) is 0 Å². The minimum Gasteiger partial charge on any atom is -0.446 e. The summed E-state index contributed by atoms with van der Waals surface area (Å²) in [6.45, 7) is 6.54. The number of benzene rings is 3. The van der Waals surface area contributed by atoms with Gasteiger partial charge in [-0.25, -0.2) is 25.2 Å². The number of rotatable bonds is 9. The molecule has 10 heteroatoms. The summed E-state index contributed by atoms with van der Waals surface area (Å²) in [6.07, 6.45) is -3.60. The molecule has 3 rings (SSSR count). The highest BCUT2D eigenvalue weighted by Crippen LogP contribution is 2.50. The molecule has 0 fully saturated rings. The van der Waals surface area contributed by atoms with Gasteiger partial charge in [0.15, 0.2) is 0 Å². The van der Waals surface area contributed by atoms with Crippen molar-refractivity contribution in [1.82, 2.24) is 10.4 Å². The third-order valence-corrected chi connectivity index (χ3v) is 8.72. The van der Waals surface area contributed by atoms with Crippen molar-refractivity contribution in [2.24, 2.45) is 0 Å². The van der Waals surface area contributed by atoms with Gasteiger partial charge in [0, 0.05) is 16.2 Å². The van der Waals surface area contributed by atoms with Crippen LogP contribution in [0.3, 0.4) is 0 Å². The third kappa shape index (κ3) is 6.61. The lowest BCUT2D eigenvalue weighted by atomic mass is 10.0. The molecule has 202 valence electrons. The fourth-order valence-corrected chi connectivity index (χ4v) is 6.91. The lowest BCUT2D eigenvalue weighted by Gasteiger charge is -2.42. The van der Waals surface area contributed by atoms with Crippen molar-refractivity contribution in [2.75, 3.05) is 6.16 Å². The zero-order chi connectivity index (χ0) is 27.8. The van der Waals surface area contributed by atoms with E-state index in [1.807, 2.05) is 0 Å². The Kier molecular flexibility index (Phi) is 9.69. The second-order valence-corrected chi connectivity index (χ2v) is 12.0. The number of nitrogens with zero attached hydrogens (tertiary/aromatic N) is 1. The van der Waals surface area contributed by atoms with Gasteiger partial charge in [-0.2, -0.15) is 5.01 Å². The van der Waals surface area contributed by atoms with Crippen molar-refractivity contribution in [3.8, 4) is 0 Å². The highest BCUT2D eigenvalue weighted by Gasteiger charge is 2.52. The second-order valence-electron chi connectivity index (χ2n) is 9.14. The van der Waals surface area contributed by atoms with E-state index in [1.165, 1.54) is 0 Å². The van der Waals surface area contributed by atoms with Crippen LogP contribution < -0.4 is 16.0 Å². The maximum atomic E-state index is 15.1. The van der Waals surface area contributed by atoms with E-state index in [1.54, 1.807) is 119 Å². The van der Waals surface area contributed by atoms with E-state index >= 15 is 4.57 Å². The van der Waals surface area contributed by atoms with Crippen LogP contribution in [0.1, 0.15) is 33.3 Å². The molecule has 0 spiro atoms. The first-order chi connectivity index (χ1) is 18.1. The molecule has 3 aromatic rings. The molecule has 9 nitrogen and oxygen atoms in total. The van der Waals surface area contributed by atoms with Crippen LogP contribution in [0, 0.1) is 0 Å². The summed E-state index contributed by atoms with van der Waals surface area (Å²) in [7, 11) is -3.65. The molecule has 2 N–H and O–H groups in total. The predicted molar refractivity (Wildman–Crippen MR) is 145 cm³/mol. The summed E-state index contributed by atoms with van der Waals surface area (Å²) in [5.74, 6) is 0.